The Bertz CT molecular complexity index is 886. The van der Waals surface area contributed by atoms with Crippen LogP contribution in [-0.2, 0) is 4.79 Å². The number of para-hydroxylation sites is 1. The summed E-state index contributed by atoms with van der Waals surface area (Å²) >= 11 is 5.91. The summed E-state index contributed by atoms with van der Waals surface area (Å²) in [5.41, 5.74) is 2.16. The van der Waals surface area contributed by atoms with Gasteiger partial charge in [-0.15, -0.1) is 0 Å². The number of nitrogens with one attached hydrogen (secondary N) is 1. The molecule has 134 valence electrons. The van der Waals surface area contributed by atoms with Crippen LogP contribution >= 0.6 is 11.6 Å². The summed E-state index contributed by atoms with van der Waals surface area (Å²) in [6.07, 6.45) is 1.59. The van der Waals surface area contributed by atoms with E-state index in [9.17, 15) is 4.79 Å². The highest BCUT2D eigenvalue weighted by atomic mass is 35.5. The zero-order chi connectivity index (χ0) is 18.5. The summed E-state index contributed by atoms with van der Waals surface area (Å²) < 4.78 is 5.43. The van der Waals surface area contributed by atoms with Crippen LogP contribution in [0.3, 0.4) is 0 Å². The van der Waals surface area contributed by atoms with Gasteiger partial charge in [0.1, 0.15) is 0 Å². The van der Waals surface area contributed by atoms with Gasteiger partial charge in [0.25, 0.3) is 5.89 Å². The Kier molecular flexibility index (Phi) is 5.68. The van der Waals surface area contributed by atoms with Gasteiger partial charge in [-0.25, -0.2) is 0 Å². The first kappa shape index (κ1) is 18.1. The molecule has 2 aromatic carbocycles. The van der Waals surface area contributed by atoms with Crippen LogP contribution in [0.15, 0.2) is 53.1 Å². The zero-order valence-corrected chi connectivity index (χ0v) is 15.5. The molecule has 0 fully saturated rings. The van der Waals surface area contributed by atoms with Crippen LogP contribution in [-0.4, -0.2) is 16.0 Å². The second kappa shape index (κ2) is 8.15. The topological polar surface area (TPSA) is 68.0 Å². The van der Waals surface area contributed by atoms with Crippen molar-refractivity contribution in [3.63, 3.8) is 0 Å². The normalized spacial score (nSPS) is 10.9. The van der Waals surface area contributed by atoms with Crippen LogP contribution in [0.25, 0.3) is 22.8 Å². The summed E-state index contributed by atoms with van der Waals surface area (Å²) in [6, 6.07) is 14.6. The molecule has 3 rings (SSSR count). The Morgan fingerprint density at radius 3 is 2.50 bits per heavy atom. The molecule has 0 radical (unpaired) electrons. The highest BCUT2D eigenvalue weighted by molar-refractivity contribution is 6.30. The van der Waals surface area contributed by atoms with E-state index >= 15 is 0 Å². The fourth-order valence-electron chi connectivity index (χ4n) is 2.72. The van der Waals surface area contributed by atoms with E-state index in [2.05, 4.69) is 15.5 Å². The van der Waals surface area contributed by atoms with E-state index in [0.29, 0.717) is 28.0 Å². The van der Waals surface area contributed by atoms with Gasteiger partial charge in [-0.3, -0.25) is 4.79 Å². The molecule has 0 unspecified atom stereocenters. The number of hydrogen-bond donors (Lipinski definition) is 1. The summed E-state index contributed by atoms with van der Waals surface area (Å²) in [6.45, 7) is 4.02. The quantitative estimate of drug-likeness (QED) is 0.628. The van der Waals surface area contributed by atoms with E-state index in [4.69, 9.17) is 16.1 Å². The number of rotatable bonds is 6. The average molecular weight is 370 g/mol. The van der Waals surface area contributed by atoms with Gasteiger partial charge in [0.15, 0.2) is 0 Å². The number of carbonyl (C=O) groups is 1. The van der Waals surface area contributed by atoms with Crippen molar-refractivity contribution >= 4 is 23.2 Å². The number of hydrogen-bond acceptors (Lipinski definition) is 4. The summed E-state index contributed by atoms with van der Waals surface area (Å²) in [4.78, 5) is 16.9. The van der Waals surface area contributed by atoms with Gasteiger partial charge in [0, 0.05) is 16.5 Å². The molecule has 0 aliphatic heterocycles. The minimum atomic E-state index is -0.0182. The molecule has 1 aromatic heterocycles. The maximum Gasteiger partial charge on any atom is 0.260 e. The summed E-state index contributed by atoms with van der Waals surface area (Å²) in [5.74, 6) is 0.809. The third kappa shape index (κ3) is 3.94. The van der Waals surface area contributed by atoms with Crippen LogP contribution in [0.4, 0.5) is 5.69 Å². The van der Waals surface area contributed by atoms with Crippen molar-refractivity contribution in [2.45, 2.75) is 26.7 Å². The lowest BCUT2D eigenvalue weighted by atomic mass is 10.0. The molecular weight excluding hydrogens is 350 g/mol. The lowest BCUT2D eigenvalue weighted by molar-refractivity contribution is -0.120. The molecule has 0 saturated carbocycles. The van der Waals surface area contributed by atoms with Crippen LogP contribution in [0.5, 0.6) is 0 Å². The van der Waals surface area contributed by atoms with Gasteiger partial charge in [-0.1, -0.05) is 42.7 Å². The van der Waals surface area contributed by atoms with Gasteiger partial charge in [-0.2, -0.15) is 4.98 Å². The maximum atomic E-state index is 12.4. The van der Waals surface area contributed by atoms with Crippen molar-refractivity contribution in [2.75, 3.05) is 5.32 Å². The minimum Gasteiger partial charge on any atom is -0.334 e. The highest BCUT2D eigenvalue weighted by Gasteiger charge is 2.18. The molecule has 3 aromatic rings. The molecule has 6 heteroatoms. The van der Waals surface area contributed by atoms with Gasteiger partial charge in [0.05, 0.1) is 11.3 Å². The first-order valence-corrected chi connectivity index (χ1v) is 9.00. The van der Waals surface area contributed by atoms with Gasteiger partial charge in [0.2, 0.25) is 11.7 Å². The van der Waals surface area contributed by atoms with E-state index in [1.165, 1.54) is 0 Å². The monoisotopic (exact) mass is 369 g/mol. The lowest BCUT2D eigenvalue weighted by Gasteiger charge is -2.14. The van der Waals surface area contributed by atoms with Crippen LogP contribution in [0.2, 0.25) is 5.02 Å². The van der Waals surface area contributed by atoms with Crippen molar-refractivity contribution in [1.29, 1.82) is 0 Å². The molecule has 0 bridgehead atoms. The number of benzene rings is 2. The van der Waals surface area contributed by atoms with Crippen molar-refractivity contribution in [3.05, 3.63) is 53.6 Å². The molecular formula is C20H20ClN3O2. The predicted molar refractivity (Wildman–Crippen MR) is 103 cm³/mol. The first-order valence-electron chi connectivity index (χ1n) is 8.62. The van der Waals surface area contributed by atoms with E-state index in [1.54, 1.807) is 12.1 Å². The lowest BCUT2D eigenvalue weighted by Crippen LogP contribution is -2.21. The summed E-state index contributed by atoms with van der Waals surface area (Å²) in [7, 11) is 0. The van der Waals surface area contributed by atoms with Crippen molar-refractivity contribution in [2.24, 2.45) is 5.92 Å². The third-order valence-corrected chi connectivity index (χ3v) is 4.55. The smallest absolute Gasteiger partial charge is 0.260 e. The molecule has 5 nitrogen and oxygen atoms in total. The Hall–Kier alpha value is -2.66. The molecule has 0 atom stereocenters. The molecule has 0 saturated heterocycles. The molecule has 1 amide bonds. The number of aromatic nitrogens is 2. The number of amides is 1. The fraction of sp³-hybridized carbons (Fsp3) is 0.250. The van der Waals surface area contributed by atoms with Gasteiger partial charge < -0.3 is 9.84 Å². The summed E-state index contributed by atoms with van der Waals surface area (Å²) in [5, 5.41) is 7.67. The van der Waals surface area contributed by atoms with Crippen molar-refractivity contribution in [3.8, 4) is 22.8 Å². The van der Waals surface area contributed by atoms with Crippen molar-refractivity contribution < 1.29 is 9.32 Å². The Labute approximate surface area is 157 Å². The van der Waals surface area contributed by atoms with E-state index in [0.717, 1.165) is 18.4 Å². The molecule has 0 aliphatic carbocycles. The molecule has 26 heavy (non-hydrogen) atoms. The Morgan fingerprint density at radius 1 is 1.12 bits per heavy atom. The molecule has 0 aliphatic rings. The molecule has 1 heterocycles. The number of carbonyl (C=O) groups excluding carboxylic acids is 1. The Morgan fingerprint density at radius 2 is 1.81 bits per heavy atom. The molecule has 0 spiro atoms. The zero-order valence-electron chi connectivity index (χ0n) is 14.7. The number of anilines is 1. The van der Waals surface area contributed by atoms with Crippen LogP contribution in [0.1, 0.15) is 26.7 Å². The molecule has 1 N–H and O–H groups in total. The van der Waals surface area contributed by atoms with E-state index in [-0.39, 0.29) is 11.8 Å². The van der Waals surface area contributed by atoms with Gasteiger partial charge in [-0.05, 0) is 49.2 Å². The van der Waals surface area contributed by atoms with E-state index in [1.807, 2.05) is 50.2 Å². The number of nitrogens with zero attached hydrogens (tertiary/aromatic N) is 2. The van der Waals surface area contributed by atoms with Crippen LogP contribution < -0.4 is 5.32 Å². The van der Waals surface area contributed by atoms with Gasteiger partial charge >= 0.3 is 0 Å². The fourth-order valence-corrected chi connectivity index (χ4v) is 2.85. The largest absolute Gasteiger partial charge is 0.334 e. The minimum absolute atomic E-state index is 0.000102. The SMILES string of the molecule is CCC(CC)C(=O)Nc1ccccc1-c1nc(-c2ccc(Cl)cc2)no1. The van der Waals surface area contributed by atoms with Crippen molar-refractivity contribution in [1.82, 2.24) is 10.1 Å². The number of halogens is 1. The standard InChI is InChI=1S/C20H20ClN3O2/c1-3-13(4-2)19(25)22-17-8-6-5-7-16(17)20-23-18(24-26-20)14-9-11-15(21)12-10-14/h5-13H,3-4H2,1-2H3,(H,22,25). The Balaban J connectivity index is 1.88. The second-order valence-electron chi connectivity index (χ2n) is 5.98. The first-order chi connectivity index (χ1) is 12.6. The van der Waals surface area contributed by atoms with Crippen LogP contribution in [0, 0.1) is 5.92 Å². The van der Waals surface area contributed by atoms with E-state index < -0.39 is 0 Å². The highest BCUT2D eigenvalue weighted by Crippen LogP contribution is 2.29. The maximum absolute atomic E-state index is 12.4. The predicted octanol–water partition coefficient (Wildman–Crippen LogP) is 5.43. The second-order valence-corrected chi connectivity index (χ2v) is 6.41. The third-order valence-electron chi connectivity index (χ3n) is 4.30. The average Bonchev–Trinajstić information content (AvgIpc) is 3.14.